The van der Waals surface area contributed by atoms with Crippen LogP contribution in [0.25, 0.3) is 0 Å². The maximum Gasteiger partial charge on any atom is 0.335 e. The van der Waals surface area contributed by atoms with Crippen LogP contribution in [-0.4, -0.2) is 23.0 Å². The molecule has 6 heteroatoms. The highest BCUT2D eigenvalue weighted by molar-refractivity contribution is 6.07. The zero-order valence-electron chi connectivity index (χ0n) is 10.4. The van der Waals surface area contributed by atoms with E-state index >= 15 is 0 Å². The number of amides is 3. The van der Waals surface area contributed by atoms with Gasteiger partial charge in [-0.25, -0.2) is 9.59 Å². The van der Waals surface area contributed by atoms with E-state index in [0.29, 0.717) is 18.4 Å². The number of carbonyl (C=O) groups is 3. The van der Waals surface area contributed by atoms with Gasteiger partial charge in [0.2, 0.25) is 0 Å². The molecule has 6 nitrogen and oxygen atoms in total. The van der Waals surface area contributed by atoms with Crippen molar-refractivity contribution in [3.63, 3.8) is 0 Å². The number of aromatic carboxylic acids is 1. The van der Waals surface area contributed by atoms with E-state index in [1.54, 1.807) is 12.1 Å². The molecule has 0 spiro atoms. The largest absolute Gasteiger partial charge is 0.478 e. The van der Waals surface area contributed by atoms with Gasteiger partial charge in [-0.15, -0.1) is 0 Å². The lowest BCUT2D eigenvalue weighted by Gasteiger charge is -2.26. The summed E-state index contributed by atoms with van der Waals surface area (Å²) in [5.41, 5.74) is -0.370. The predicted molar refractivity (Wildman–Crippen MR) is 66.7 cm³/mol. The van der Waals surface area contributed by atoms with Gasteiger partial charge in [0.15, 0.2) is 0 Å². The van der Waals surface area contributed by atoms with Crippen molar-refractivity contribution in [2.24, 2.45) is 0 Å². The molecule has 1 unspecified atom stereocenters. The molecule has 1 aliphatic rings. The molecule has 1 fully saturated rings. The number of benzene rings is 1. The average molecular weight is 262 g/mol. The first-order valence-corrected chi connectivity index (χ1v) is 5.97. The van der Waals surface area contributed by atoms with Gasteiger partial charge in [0, 0.05) is 0 Å². The summed E-state index contributed by atoms with van der Waals surface area (Å²) < 4.78 is 0. The van der Waals surface area contributed by atoms with Crippen molar-refractivity contribution < 1.29 is 19.5 Å². The van der Waals surface area contributed by atoms with Crippen molar-refractivity contribution >= 4 is 17.9 Å². The number of carboxylic acids is 1. The fraction of sp³-hybridized carbons (Fsp3) is 0.308. The summed E-state index contributed by atoms with van der Waals surface area (Å²) in [5, 5.41) is 13.7. The van der Waals surface area contributed by atoms with Gasteiger partial charge >= 0.3 is 12.0 Å². The second-order valence-electron chi connectivity index (χ2n) is 4.45. The Labute approximate surface area is 109 Å². The number of hydrogen-bond donors (Lipinski definition) is 3. The van der Waals surface area contributed by atoms with Crippen LogP contribution in [0.15, 0.2) is 24.3 Å². The molecule has 3 amide bonds. The summed E-state index contributed by atoms with van der Waals surface area (Å²) in [7, 11) is 0. The molecule has 1 heterocycles. The van der Waals surface area contributed by atoms with Crippen molar-refractivity contribution in [2.75, 3.05) is 0 Å². The SMILES string of the molecule is CCCC1(c2ccc(C(=O)O)cc2)NC(=O)NC1=O. The van der Waals surface area contributed by atoms with Gasteiger partial charge in [-0.2, -0.15) is 0 Å². The lowest BCUT2D eigenvalue weighted by atomic mass is 9.85. The van der Waals surface area contributed by atoms with Gasteiger partial charge in [-0.05, 0) is 24.1 Å². The van der Waals surface area contributed by atoms with Crippen molar-refractivity contribution in [2.45, 2.75) is 25.3 Å². The molecule has 3 N–H and O–H groups in total. The Kier molecular flexibility index (Phi) is 3.25. The number of imide groups is 1. The van der Waals surface area contributed by atoms with Gasteiger partial charge in [-0.1, -0.05) is 25.5 Å². The Hall–Kier alpha value is -2.37. The number of urea groups is 1. The second kappa shape index (κ2) is 4.72. The van der Waals surface area contributed by atoms with Gasteiger partial charge in [-0.3, -0.25) is 10.1 Å². The Bertz CT molecular complexity index is 538. The van der Waals surface area contributed by atoms with Crippen LogP contribution in [0.2, 0.25) is 0 Å². The van der Waals surface area contributed by atoms with Gasteiger partial charge in [0.25, 0.3) is 5.91 Å². The van der Waals surface area contributed by atoms with Crippen LogP contribution < -0.4 is 10.6 Å². The predicted octanol–water partition coefficient (Wildman–Crippen LogP) is 1.22. The topological polar surface area (TPSA) is 95.5 Å². The molecule has 0 bridgehead atoms. The minimum Gasteiger partial charge on any atom is -0.478 e. The Balaban J connectivity index is 2.42. The average Bonchev–Trinajstić information content (AvgIpc) is 2.65. The number of nitrogens with one attached hydrogen (secondary N) is 2. The van der Waals surface area contributed by atoms with Crippen LogP contribution in [0.1, 0.15) is 35.7 Å². The molecular weight excluding hydrogens is 248 g/mol. The molecule has 0 radical (unpaired) electrons. The molecular formula is C13H14N2O4. The zero-order valence-corrected chi connectivity index (χ0v) is 10.4. The third kappa shape index (κ3) is 2.16. The molecule has 1 aliphatic heterocycles. The van der Waals surface area contributed by atoms with E-state index in [0.717, 1.165) is 0 Å². The van der Waals surface area contributed by atoms with Crippen LogP contribution in [0.5, 0.6) is 0 Å². The molecule has 1 aromatic rings. The Morgan fingerprint density at radius 2 is 1.89 bits per heavy atom. The number of carbonyl (C=O) groups excluding carboxylic acids is 2. The van der Waals surface area contributed by atoms with Crippen LogP contribution in [0.4, 0.5) is 4.79 Å². The summed E-state index contributed by atoms with van der Waals surface area (Å²) in [6.07, 6.45) is 1.16. The van der Waals surface area contributed by atoms with E-state index in [9.17, 15) is 14.4 Å². The first-order chi connectivity index (χ1) is 8.99. The molecule has 0 saturated carbocycles. The highest BCUT2D eigenvalue weighted by atomic mass is 16.4. The summed E-state index contributed by atoms with van der Waals surface area (Å²) in [4.78, 5) is 34.2. The smallest absolute Gasteiger partial charge is 0.335 e. The fourth-order valence-electron chi connectivity index (χ4n) is 2.29. The van der Waals surface area contributed by atoms with Gasteiger partial charge < -0.3 is 10.4 Å². The van der Waals surface area contributed by atoms with Crippen LogP contribution in [0.3, 0.4) is 0 Å². The van der Waals surface area contributed by atoms with Gasteiger partial charge in [0.05, 0.1) is 5.56 Å². The minimum absolute atomic E-state index is 0.139. The van der Waals surface area contributed by atoms with E-state index in [1.165, 1.54) is 12.1 Å². The summed E-state index contributed by atoms with van der Waals surface area (Å²) >= 11 is 0. The van der Waals surface area contributed by atoms with Crippen LogP contribution >= 0.6 is 0 Å². The standard InChI is InChI=1S/C13H14N2O4/c1-2-7-13(11(18)14-12(19)15-13)9-5-3-8(4-6-9)10(16)17/h3-6H,2,7H2,1H3,(H,16,17)(H2,14,15,18,19). The molecule has 19 heavy (non-hydrogen) atoms. The van der Waals surface area contributed by atoms with E-state index in [-0.39, 0.29) is 5.56 Å². The molecule has 1 aromatic carbocycles. The second-order valence-corrected chi connectivity index (χ2v) is 4.45. The summed E-state index contributed by atoms with van der Waals surface area (Å²) in [6.45, 7) is 1.91. The molecule has 1 atom stereocenters. The Morgan fingerprint density at radius 1 is 1.26 bits per heavy atom. The highest BCUT2D eigenvalue weighted by Crippen LogP contribution is 2.30. The monoisotopic (exact) mass is 262 g/mol. The van der Waals surface area contributed by atoms with Crippen molar-refractivity contribution in [1.29, 1.82) is 0 Å². The van der Waals surface area contributed by atoms with Crippen molar-refractivity contribution in [1.82, 2.24) is 10.6 Å². The van der Waals surface area contributed by atoms with Crippen LogP contribution in [0, 0.1) is 0 Å². The van der Waals surface area contributed by atoms with Crippen molar-refractivity contribution in [3.8, 4) is 0 Å². The summed E-state index contributed by atoms with van der Waals surface area (Å²) in [6, 6.07) is 5.44. The van der Waals surface area contributed by atoms with E-state index in [1.807, 2.05) is 6.92 Å². The fourth-order valence-corrected chi connectivity index (χ4v) is 2.29. The van der Waals surface area contributed by atoms with Crippen molar-refractivity contribution in [3.05, 3.63) is 35.4 Å². The third-order valence-electron chi connectivity index (χ3n) is 3.19. The van der Waals surface area contributed by atoms with Gasteiger partial charge in [0.1, 0.15) is 5.54 Å². The van der Waals surface area contributed by atoms with E-state index < -0.39 is 23.4 Å². The maximum absolute atomic E-state index is 12.0. The first-order valence-electron chi connectivity index (χ1n) is 5.97. The quantitative estimate of drug-likeness (QED) is 0.711. The lowest BCUT2D eigenvalue weighted by molar-refractivity contribution is -0.124. The molecule has 2 rings (SSSR count). The lowest BCUT2D eigenvalue weighted by Crippen LogP contribution is -2.43. The van der Waals surface area contributed by atoms with E-state index in [2.05, 4.69) is 10.6 Å². The van der Waals surface area contributed by atoms with Crippen LogP contribution in [-0.2, 0) is 10.3 Å². The number of rotatable bonds is 4. The third-order valence-corrected chi connectivity index (χ3v) is 3.19. The molecule has 1 saturated heterocycles. The first kappa shape index (κ1) is 13.1. The molecule has 100 valence electrons. The normalized spacial score (nSPS) is 21.9. The van der Waals surface area contributed by atoms with E-state index in [4.69, 9.17) is 5.11 Å². The minimum atomic E-state index is -1.09. The highest BCUT2D eigenvalue weighted by Gasteiger charge is 2.46. The summed E-state index contributed by atoms with van der Waals surface area (Å²) in [5.74, 6) is -1.43. The Morgan fingerprint density at radius 3 is 2.32 bits per heavy atom. The number of carboxylic acid groups (broad SMARTS) is 1. The molecule has 0 aromatic heterocycles. The number of hydrogen-bond acceptors (Lipinski definition) is 3. The molecule has 0 aliphatic carbocycles. The zero-order chi connectivity index (χ0) is 14.0. The maximum atomic E-state index is 12.0.